The standard InChI is InChI=1S/C26H33N3O3.C4H4O4/c1-20(2)32-24-10-4-3-9-23(24)28-15-13-27(14-16-28)18-21-7-5-8-22(17-21)19-29-25(30)11-6-12-26(29)31;5-3(6)1-2-4(7)8/h3-5,7-10,17,20H,6,11-16,18-19H2,1-2H3;1-2H,(H,5,6)(H,7,8). The van der Waals surface area contributed by atoms with Gasteiger partial charge in [0.05, 0.1) is 18.3 Å². The highest BCUT2D eigenvalue weighted by atomic mass is 16.5. The van der Waals surface area contributed by atoms with Crippen LogP contribution in [-0.4, -0.2) is 76.0 Å². The highest BCUT2D eigenvalue weighted by Crippen LogP contribution is 2.30. The van der Waals surface area contributed by atoms with Crippen molar-refractivity contribution in [3.8, 4) is 5.75 Å². The van der Waals surface area contributed by atoms with Crippen LogP contribution >= 0.6 is 0 Å². The first-order valence-electron chi connectivity index (χ1n) is 13.4. The average molecular weight is 552 g/mol. The molecule has 10 nitrogen and oxygen atoms in total. The molecule has 0 bridgehead atoms. The van der Waals surface area contributed by atoms with Crippen molar-refractivity contribution in [2.45, 2.75) is 52.3 Å². The normalized spacial score (nSPS) is 16.2. The number of carbonyl (C=O) groups excluding carboxylic acids is 2. The van der Waals surface area contributed by atoms with Crippen molar-refractivity contribution in [3.63, 3.8) is 0 Å². The second kappa shape index (κ2) is 14.8. The second-order valence-corrected chi connectivity index (χ2v) is 9.95. The number of ether oxygens (including phenoxy) is 1. The van der Waals surface area contributed by atoms with Crippen LogP contribution in [0.5, 0.6) is 5.75 Å². The molecule has 2 fully saturated rings. The average Bonchev–Trinajstić information content (AvgIpc) is 2.91. The monoisotopic (exact) mass is 551 g/mol. The molecular formula is C30H37N3O7. The number of piperazine rings is 1. The zero-order valence-electron chi connectivity index (χ0n) is 23.0. The number of aliphatic carboxylic acids is 2. The van der Waals surface area contributed by atoms with Crippen molar-refractivity contribution in [1.29, 1.82) is 0 Å². The first-order valence-corrected chi connectivity index (χ1v) is 13.4. The number of benzene rings is 2. The van der Waals surface area contributed by atoms with Gasteiger partial charge in [0, 0.05) is 57.7 Å². The van der Waals surface area contributed by atoms with Gasteiger partial charge >= 0.3 is 11.9 Å². The van der Waals surface area contributed by atoms with Crippen LogP contribution in [0.3, 0.4) is 0 Å². The maximum atomic E-state index is 12.1. The Balaban J connectivity index is 0.000000482. The first kappa shape index (κ1) is 30.4. The van der Waals surface area contributed by atoms with Gasteiger partial charge in [0.1, 0.15) is 5.75 Å². The van der Waals surface area contributed by atoms with Crippen molar-refractivity contribution < 1.29 is 34.1 Å². The van der Waals surface area contributed by atoms with Crippen molar-refractivity contribution in [3.05, 3.63) is 71.8 Å². The van der Waals surface area contributed by atoms with Gasteiger partial charge < -0.3 is 19.8 Å². The van der Waals surface area contributed by atoms with E-state index in [0.717, 1.165) is 44.0 Å². The van der Waals surface area contributed by atoms with Crippen molar-refractivity contribution >= 4 is 29.4 Å². The van der Waals surface area contributed by atoms with Crippen LogP contribution in [-0.2, 0) is 32.3 Å². The summed E-state index contributed by atoms with van der Waals surface area (Å²) in [6.07, 6.45) is 2.89. The molecule has 4 rings (SSSR count). The summed E-state index contributed by atoms with van der Waals surface area (Å²) in [5.41, 5.74) is 3.40. The molecule has 0 aromatic heterocycles. The molecule has 0 radical (unpaired) electrons. The number of imide groups is 1. The molecule has 2 N–H and O–H groups in total. The predicted octanol–water partition coefficient (Wildman–Crippen LogP) is 3.55. The van der Waals surface area contributed by atoms with Crippen LogP contribution in [0.4, 0.5) is 5.69 Å². The molecule has 2 amide bonds. The summed E-state index contributed by atoms with van der Waals surface area (Å²) in [7, 11) is 0. The van der Waals surface area contributed by atoms with Gasteiger partial charge in [0.15, 0.2) is 0 Å². The third-order valence-corrected chi connectivity index (χ3v) is 6.43. The largest absolute Gasteiger partial charge is 0.489 e. The molecule has 0 unspecified atom stereocenters. The van der Waals surface area contributed by atoms with E-state index in [1.54, 1.807) is 0 Å². The molecule has 0 atom stereocenters. The Morgan fingerprint density at radius 3 is 2.00 bits per heavy atom. The number of hydrogen-bond donors (Lipinski definition) is 2. The van der Waals surface area contributed by atoms with Gasteiger partial charge in [-0.25, -0.2) is 9.59 Å². The summed E-state index contributed by atoms with van der Waals surface area (Å²) in [6, 6.07) is 16.6. The Morgan fingerprint density at radius 2 is 1.43 bits per heavy atom. The quantitative estimate of drug-likeness (QED) is 0.355. The minimum absolute atomic E-state index is 0.0514. The molecule has 2 heterocycles. The number of carbonyl (C=O) groups is 4. The smallest absolute Gasteiger partial charge is 0.328 e. The minimum Gasteiger partial charge on any atom is -0.489 e. The fourth-order valence-corrected chi connectivity index (χ4v) is 4.60. The number of carboxylic acids is 2. The second-order valence-electron chi connectivity index (χ2n) is 9.95. The Kier molecular flexibility index (Phi) is 11.3. The van der Waals surface area contributed by atoms with E-state index in [4.69, 9.17) is 14.9 Å². The van der Waals surface area contributed by atoms with Crippen molar-refractivity contribution in [2.24, 2.45) is 0 Å². The van der Waals surface area contributed by atoms with Crippen molar-refractivity contribution in [2.75, 3.05) is 31.1 Å². The number of anilines is 1. The maximum absolute atomic E-state index is 12.1. The van der Waals surface area contributed by atoms with Crippen LogP contribution in [0.2, 0.25) is 0 Å². The number of amides is 2. The third-order valence-electron chi connectivity index (χ3n) is 6.43. The van der Waals surface area contributed by atoms with Crippen molar-refractivity contribution in [1.82, 2.24) is 9.80 Å². The lowest BCUT2D eigenvalue weighted by Gasteiger charge is -2.37. The van der Waals surface area contributed by atoms with E-state index in [9.17, 15) is 19.2 Å². The van der Waals surface area contributed by atoms with Gasteiger partial charge in [-0.1, -0.05) is 36.4 Å². The Bertz CT molecular complexity index is 1190. The van der Waals surface area contributed by atoms with E-state index in [0.29, 0.717) is 38.0 Å². The summed E-state index contributed by atoms with van der Waals surface area (Å²) >= 11 is 0. The molecule has 2 aromatic carbocycles. The van der Waals surface area contributed by atoms with Crippen LogP contribution in [0.1, 0.15) is 44.2 Å². The van der Waals surface area contributed by atoms with Crippen LogP contribution in [0, 0.1) is 0 Å². The van der Waals surface area contributed by atoms with Crippen LogP contribution in [0.25, 0.3) is 0 Å². The van der Waals surface area contributed by atoms with Gasteiger partial charge in [0.2, 0.25) is 11.8 Å². The Morgan fingerprint density at radius 1 is 0.850 bits per heavy atom. The number of para-hydroxylation sites is 2. The topological polar surface area (TPSA) is 128 Å². The van der Waals surface area contributed by atoms with E-state index >= 15 is 0 Å². The zero-order chi connectivity index (χ0) is 29.1. The Labute approximate surface area is 234 Å². The highest BCUT2D eigenvalue weighted by molar-refractivity contribution is 5.97. The summed E-state index contributed by atoms with van der Waals surface area (Å²) in [6.45, 7) is 9.22. The molecule has 2 saturated heterocycles. The molecule has 0 aliphatic carbocycles. The highest BCUT2D eigenvalue weighted by Gasteiger charge is 2.26. The maximum Gasteiger partial charge on any atom is 0.328 e. The fourth-order valence-electron chi connectivity index (χ4n) is 4.60. The molecule has 2 aliphatic heterocycles. The summed E-state index contributed by atoms with van der Waals surface area (Å²) in [5.74, 6) is -1.67. The third kappa shape index (κ3) is 9.53. The number of carboxylic acid groups (broad SMARTS) is 2. The lowest BCUT2D eigenvalue weighted by molar-refractivity contribution is -0.148. The molecule has 2 aliphatic rings. The number of rotatable bonds is 9. The van der Waals surface area contributed by atoms with Gasteiger partial charge in [-0.2, -0.15) is 0 Å². The zero-order valence-corrected chi connectivity index (χ0v) is 23.0. The molecule has 2 aromatic rings. The SMILES string of the molecule is CC(C)Oc1ccccc1N1CCN(Cc2cccc(CN3C(=O)CCCC3=O)c2)CC1.O=C(O)C=CC(=O)O. The molecule has 0 saturated carbocycles. The molecule has 214 valence electrons. The molecule has 0 spiro atoms. The van der Waals surface area contributed by atoms with E-state index < -0.39 is 11.9 Å². The van der Waals surface area contributed by atoms with Gasteiger partial charge in [-0.05, 0) is 43.5 Å². The first-order chi connectivity index (χ1) is 19.1. The van der Waals surface area contributed by atoms with E-state index in [1.807, 2.05) is 24.3 Å². The van der Waals surface area contributed by atoms with Gasteiger partial charge in [-0.3, -0.25) is 19.4 Å². The summed E-state index contributed by atoms with van der Waals surface area (Å²) in [5, 5.41) is 15.6. The van der Waals surface area contributed by atoms with E-state index in [2.05, 4.69) is 47.9 Å². The number of nitrogens with zero attached hydrogens (tertiary/aromatic N) is 3. The molecule has 40 heavy (non-hydrogen) atoms. The minimum atomic E-state index is -1.26. The lowest BCUT2D eigenvalue weighted by Crippen LogP contribution is -2.46. The van der Waals surface area contributed by atoms with E-state index in [-0.39, 0.29) is 17.9 Å². The fraction of sp³-hybridized carbons (Fsp3) is 0.400. The number of hydrogen-bond acceptors (Lipinski definition) is 7. The molecular weight excluding hydrogens is 514 g/mol. The summed E-state index contributed by atoms with van der Waals surface area (Å²) in [4.78, 5) is 49.6. The van der Waals surface area contributed by atoms with Crippen LogP contribution in [0.15, 0.2) is 60.7 Å². The number of piperidine rings is 1. The number of likely N-dealkylation sites (tertiary alicyclic amines) is 1. The van der Waals surface area contributed by atoms with Crippen LogP contribution < -0.4 is 9.64 Å². The lowest BCUT2D eigenvalue weighted by atomic mass is 10.1. The molecule has 10 heteroatoms. The predicted molar refractivity (Wildman–Crippen MR) is 150 cm³/mol. The van der Waals surface area contributed by atoms with E-state index in [1.165, 1.54) is 16.2 Å². The van der Waals surface area contributed by atoms with Gasteiger partial charge in [0.25, 0.3) is 0 Å². The Hall–Kier alpha value is -4.18. The summed E-state index contributed by atoms with van der Waals surface area (Å²) < 4.78 is 6.00. The van der Waals surface area contributed by atoms with Gasteiger partial charge in [-0.15, -0.1) is 0 Å².